The molecule has 0 radical (unpaired) electrons. The van der Waals surface area contributed by atoms with Gasteiger partial charge in [-0.25, -0.2) is 19.2 Å². The number of aromatic nitrogens is 2. The lowest BCUT2D eigenvalue weighted by Gasteiger charge is -2.31. The van der Waals surface area contributed by atoms with Crippen LogP contribution in [-0.4, -0.2) is 69.6 Å². The van der Waals surface area contributed by atoms with Crippen LogP contribution in [0.4, 0.5) is 15.0 Å². The number of anilines is 1. The molecule has 2 saturated heterocycles. The SMILES string of the molecule is O=C(O)N([C@@H]1CCOC1)[C@@H]1CCN(c2nc(-c3ccccc3O)nc3ccc(F)cc23)C1. The van der Waals surface area contributed by atoms with Crippen molar-refractivity contribution in [2.45, 2.75) is 24.9 Å². The molecule has 0 unspecified atom stereocenters. The van der Waals surface area contributed by atoms with E-state index in [0.29, 0.717) is 67.3 Å². The molecule has 166 valence electrons. The van der Waals surface area contributed by atoms with Crippen molar-refractivity contribution < 1.29 is 24.1 Å². The van der Waals surface area contributed by atoms with Crippen molar-refractivity contribution in [1.29, 1.82) is 0 Å². The smallest absolute Gasteiger partial charge is 0.407 e. The highest BCUT2D eigenvalue weighted by atomic mass is 19.1. The topological polar surface area (TPSA) is 99.0 Å². The van der Waals surface area contributed by atoms with E-state index in [4.69, 9.17) is 4.74 Å². The number of phenols is 1. The number of para-hydroxylation sites is 1. The average molecular weight is 438 g/mol. The first-order valence-corrected chi connectivity index (χ1v) is 10.6. The van der Waals surface area contributed by atoms with Crippen LogP contribution in [0, 0.1) is 5.82 Å². The van der Waals surface area contributed by atoms with Crippen LogP contribution in [0.1, 0.15) is 12.8 Å². The summed E-state index contributed by atoms with van der Waals surface area (Å²) in [5, 5.41) is 20.7. The van der Waals surface area contributed by atoms with Crippen LogP contribution in [0.25, 0.3) is 22.3 Å². The van der Waals surface area contributed by atoms with Crippen LogP contribution in [0.5, 0.6) is 5.75 Å². The number of phenolic OH excluding ortho intramolecular Hbond substituents is 1. The summed E-state index contributed by atoms with van der Waals surface area (Å²) in [7, 11) is 0. The summed E-state index contributed by atoms with van der Waals surface area (Å²) in [6.45, 7) is 1.98. The second kappa shape index (κ2) is 8.23. The quantitative estimate of drug-likeness (QED) is 0.643. The highest BCUT2D eigenvalue weighted by Gasteiger charge is 2.37. The number of aromatic hydroxyl groups is 1. The number of amides is 1. The standard InChI is InChI=1S/C23H23FN4O4/c24-14-5-6-19-18(11-14)22(26-21(25-19)17-3-1-2-4-20(17)29)27-9-7-15(12-27)28(23(30)31)16-8-10-32-13-16/h1-6,11,15-16,29H,7-10,12-13H2,(H,30,31)/t15-,16-/m1/s1. The Morgan fingerprint density at radius 3 is 2.75 bits per heavy atom. The molecule has 1 amide bonds. The van der Waals surface area contributed by atoms with E-state index in [0.717, 1.165) is 0 Å². The molecule has 5 rings (SSSR count). The minimum Gasteiger partial charge on any atom is -0.507 e. The van der Waals surface area contributed by atoms with Gasteiger partial charge in [0.05, 0.1) is 29.8 Å². The molecule has 8 nitrogen and oxygen atoms in total. The Morgan fingerprint density at radius 1 is 1.16 bits per heavy atom. The molecular weight excluding hydrogens is 415 g/mol. The van der Waals surface area contributed by atoms with Crippen molar-refractivity contribution in [2.24, 2.45) is 0 Å². The number of benzene rings is 2. The normalized spacial score (nSPS) is 20.7. The summed E-state index contributed by atoms with van der Waals surface area (Å²) in [6, 6.07) is 10.7. The Balaban J connectivity index is 1.54. The molecular formula is C23H23FN4O4. The average Bonchev–Trinajstić information content (AvgIpc) is 3.46. The maximum absolute atomic E-state index is 14.1. The van der Waals surface area contributed by atoms with Crippen molar-refractivity contribution in [3.63, 3.8) is 0 Å². The lowest BCUT2D eigenvalue weighted by molar-refractivity contribution is 0.0928. The van der Waals surface area contributed by atoms with E-state index in [9.17, 15) is 19.4 Å². The first-order chi connectivity index (χ1) is 15.5. The van der Waals surface area contributed by atoms with E-state index >= 15 is 0 Å². The molecule has 2 N–H and O–H groups in total. The van der Waals surface area contributed by atoms with Crippen LogP contribution in [-0.2, 0) is 4.74 Å². The van der Waals surface area contributed by atoms with Crippen molar-refractivity contribution in [2.75, 3.05) is 31.2 Å². The number of fused-ring (bicyclic) bond motifs is 1. The zero-order valence-corrected chi connectivity index (χ0v) is 17.3. The zero-order chi connectivity index (χ0) is 22.2. The van der Waals surface area contributed by atoms with Gasteiger partial charge in [-0.05, 0) is 43.2 Å². The lowest BCUT2D eigenvalue weighted by atomic mass is 10.1. The molecule has 32 heavy (non-hydrogen) atoms. The highest BCUT2D eigenvalue weighted by molar-refractivity contribution is 5.91. The summed E-state index contributed by atoms with van der Waals surface area (Å²) >= 11 is 0. The number of nitrogens with zero attached hydrogens (tertiary/aromatic N) is 4. The predicted octanol–water partition coefficient (Wildman–Crippen LogP) is 3.49. The molecule has 9 heteroatoms. The van der Waals surface area contributed by atoms with Gasteiger partial charge in [0.1, 0.15) is 17.4 Å². The first-order valence-electron chi connectivity index (χ1n) is 10.6. The molecule has 2 fully saturated rings. The Labute approximate surface area is 183 Å². The van der Waals surface area contributed by atoms with Gasteiger partial charge in [0.15, 0.2) is 5.82 Å². The summed E-state index contributed by atoms with van der Waals surface area (Å²) < 4.78 is 19.5. The fourth-order valence-electron chi connectivity index (χ4n) is 4.62. The van der Waals surface area contributed by atoms with E-state index in [2.05, 4.69) is 9.97 Å². The molecule has 3 heterocycles. The fraction of sp³-hybridized carbons (Fsp3) is 0.348. The van der Waals surface area contributed by atoms with Crippen molar-refractivity contribution in [3.05, 3.63) is 48.3 Å². The lowest BCUT2D eigenvalue weighted by Crippen LogP contribution is -2.48. The summed E-state index contributed by atoms with van der Waals surface area (Å²) in [4.78, 5) is 24.7. The maximum atomic E-state index is 14.1. The number of carboxylic acid groups (broad SMARTS) is 1. The monoisotopic (exact) mass is 438 g/mol. The predicted molar refractivity (Wildman–Crippen MR) is 116 cm³/mol. The molecule has 3 aromatic rings. The molecule has 0 aliphatic carbocycles. The number of hydrogen-bond acceptors (Lipinski definition) is 6. The molecule has 0 spiro atoms. The van der Waals surface area contributed by atoms with E-state index in [1.807, 2.05) is 4.90 Å². The van der Waals surface area contributed by atoms with Gasteiger partial charge in [0.25, 0.3) is 0 Å². The molecule has 0 saturated carbocycles. The van der Waals surface area contributed by atoms with Gasteiger partial charge in [-0.2, -0.15) is 0 Å². The number of ether oxygens (including phenoxy) is 1. The third-order valence-electron chi connectivity index (χ3n) is 6.16. The first kappa shape index (κ1) is 20.4. The van der Waals surface area contributed by atoms with Crippen molar-refractivity contribution >= 4 is 22.8 Å². The Morgan fingerprint density at radius 2 is 2.00 bits per heavy atom. The summed E-state index contributed by atoms with van der Waals surface area (Å²) in [6.07, 6.45) is 0.359. The molecule has 2 aromatic carbocycles. The molecule has 2 atom stereocenters. The van der Waals surface area contributed by atoms with Crippen LogP contribution >= 0.6 is 0 Å². The Hall–Kier alpha value is -3.46. The fourth-order valence-corrected chi connectivity index (χ4v) is 4.62. The van der Waals surface area contributed by atoms with Crippen molar-refractivity contribution in [1.82, 2.24) is 14.9 Å². The Bertz CT molecular complexity index is 1170. The zero-order valence-electron chi connectivity index (χ0n) is 17.3. The van der Waals surface area contributed by atoms with Crippen LogP contribution < -0.4 is 4.90 Å². The number of halogens is 1. The third kappa shape index (κ3) is 3.69. The molecule has 2 aliphatic heterocycles. The number of carbonyl (C=O) groups is 1. The summed E-state index contributed by atoms with van der Waals surface area (Å²) in [5.74, 6) is 0.518. The Kier molecular flexibility index (Phi) is 5.26. The third-order valence-corrected chi connectivity index (χ3v) is 6.16. The minimum absolute atomic E-state index is 0.0532. The van der Waals surface area contributed by atoms with Gasteiger partial charge in [0.2, 0.25) is 0 Å². The minimum atomic E-state index is -0.958. The molecule has 2 aliphatic rings. The summed E-state index contributed by atoms with van der Waals surface area (Å²) in [5.41, 5.74) is 1.03. The van der Waals surface area contributed by atoms with Gasteiger partial charge in [-0.1, -0.05) is 12.1 Å². The van der Waals surface area contributed by atoms with E-state index in [-0.39, 0.29) is 17.8 Å². The van der Waals surface area contributed by atoms with Gasteiger partial charge in [0, 0.05) is 25.1 Å². The van der Waals surface area contributed by atoms with Gasteiger partial charge in [-0.15, -0.1) is 0 Å². The van der Waals surface area contributed by atoms with Crippen LogP contribution in [0.15, 0.2) is 42.5 Å². The van der Waals surface area contributed by atoms with Gasteiger partial charge < -0.3 is 19.8 Å². The highest BCUT2D eigenvalue weighted by Crippen LogP contribution is 2.34. The van der Waals surface area contributed by atoms with Gasteiger partial charge >= 0.3 is 6.09 Å². The van der Waals surface area contributed by atoms with Crippen molar-refractivity contribution in [3.8, 4) is 17.1 Å². The number of hydrogen-bond donors (Lipinski definition) is 2. The van der Waals surface area contributed by atoms with E-state index in [1.165, 1.54) is 17.0 Å². The molecule has 1 aromatic heterocycles. The van der Waals surface area contributed by atoms with E-state index in [1.54, 1.807) is 30.3 Å². The van der Waals surface area contributed by atoms with Crippen LogP contribution in [0.2, 0.25) is 0 Å². The van der Waals surface area contributed by atoms with Gasteiger partial charge in [-0.3, -0.25) is 4.90 Å². The van der Waals surface area contributed by atoms with Crippen LogP contribution in [0.3, 0.4) is 0 Å². The second-order valence-corrected chi connectivity index (χ2v) is 8.15. The molecule has 0 bridgehead atoms. The van der Waals surface area contributed by atoms with E-state index < -0.39 is 11.9 Å². The number of rotatable bonds is 4. The maximum Gasteiger partial charge on any atom is 0.407 e. The largest absolute Gasteiger partial charge is 0.507 e. The second-order valence-electron chi connectivity index (χ2n) is 8.15.